The Morgan fingerprint density at radius 1 is 1.14 bits per heavy atom. The molecule has 0 spiro atoms. The Morgan fingerprint density at radius 2 is 1.82 bits per heavy atom. The molecule has 0 fully saturated rings. The van der Waals surface area contributed by atoms with Crippen LogP contribution in [0.3, 0.4) is 0 Å². The summed E-state index contributed by atoms with van der Waals surface area (Å²) in [6.07, 6.45) is -1.25. The van der Waals surface area contributed by atoms with Gasteiger partial charge in [-0.1, -0.05) is 30.3 Å². The number of aromatic nitrogens is 1. The number of nitrogens with one attached hydrogen (secondary N) is 2. The number of ether oxygens (including phenoxy) is 1. The smallest absolute Gasteiger partial charge is 0.339 e. The van der Waals surface area contributed by atoms with Gasteiger partial charge in [-0.3, -0.25) is 19.7 Å². The number of hydrogen-bond donors (Lipinski definition) is 2. The number of aromatic amines is 1. The number of rotatable bonds is 5. The largest absolute Gasteiger partial charge is 0.449 e. The third-order valence-electron chi connectivity index (χ3n) is 3.98. The molecule has 9 nitrogen and oxygen atoms in total. The molecule has 1 atom stereocenters. The van der Waals surface area contributed by atoms with Crippen molar-refractivity contribution in [2.75, 3.05) is 5.32 Å². The predicted octanol–water partition coefficient (Wildman–Crippen LogP) is 2.62. The van der Waals surface area contributed by atoms with E-state index in [4.69, 9.17) is 4.74 Å². The van der Waals surface area contributed by atoms with E-state index in [2.05, 4.69) is 10.3 Å². The quantitative estimate of drug-likeness (QED) is 0.397. The standard InChI is InChI=1S/C19H15N3O6/c1-11(18(24)21-15-8-4-5-9-16(15)22(26)27)28-19(25)13-10-17(23)20-14-7-3-2-6-12(13)14/h2-11H,1H3,(H,20,23)(H,21,24)/t11-/m1/s1. The monoisotopic (exact) mass is 381 g/mol. The van der Waals surface area contributed by atoms with Crippen molar-refractivity contribution in [3.63, 3.8) is 0 Å². The number of amides is 1. The van der Waals surface area contributed by atoms with Crippen LogP contribution in [0.25, 0.3) is 10.9 Å². The maximum atomic E-state index is 12.5. The van der Waals surface area contributed by atoms with Gasteiger partial charge in [-0.2, -0.15) is 0 Å². The van der Waals surface area contributed by atoms with Gasteiger partial charge >= 0.3 is 5.97 Å². The van der Waals surface area contributed by atoms with Crippen molar-refractivity contribution in [2.45, 2.75) is 13.0 Å². The molecule has 0 saturated carbocycles. The number of anilines is 1. The van der Waals surface area contributed by atoms with Gasteiger partial charge in [0.15, 0.2) is 6.10 Å². The molecular weight excluding hydrogens is 366 g/mol. The molecule has 0 aliphatic rings. The molecule has 1 aromatic heterocycles. The molecule has 3 rings (SSSR count). The van der Waals surface area contributed by atoms with E-state index in [-0.39, 0.29) is 16.9 Å². The number of carbonyl (C=O) groups excluding carboxylic acids is 2. The first kappa shape index (κ1) is 18.8. The van der Waals surface area contributed by atoms with E-state index in [1.54, 1.807) is 24.3 Å². The highest BCUT2D eigenvalue weighted by molar-refractivity contribution is 6.05. The summed E-state index contributed by atoms with van der Waals surface area (Å²) in [5.41, 5.74) is -0.303. The summed E-state index contributed by atoms with van der Waals surface area (Å²) in [6.45, 7) is 1.33. The molecule has 2 aromatic carbocycles. The molecule has 1 heterocycles. The van der Waals surface area contributed by atoms with Crippen LogP contribution in [-0.4, -0.2) is 27.9 Å². The fourth-order valence-corrected chi connectivity index (χ4v) is 2.62. The summed E-state index contributed by atoms with van der Waals surface area (Å²) in [5, 5.41) is 13.9. The summed E-state index contributed by atoms with van der Waals surface area (Å²) in [7, 11) is 0. The van der Waals surface area contributed by atoms with Crippen molar-refractivity contribution >= 4 is 34.2 Å². The lowest BCUT2D eigenvalue weighted by Gasteiger charge is -2.14. The number of nitrogens with zero attached hydrogens (tertiary/aromatic N) is 1. The fourth-order valence-electron chi connectivity index (χ4n) is 2.62. The van der Waals surface area contributed by atoms with E-state index >= 15 is 0 Å². The molecule has 0 unspecified atom stereocenters. The van der Waals surface area contributed by atoms with E-state index in [1.165, 1.54) is 31.2 Å². The number of benzene rings is 2. The Balaban J connectivity index is 1.79. The summed E-state index contributed by atoms with van der Waals surface area (Å²) >= 11 is 0. The van der Waals surface area contributed by atoms with Gasteiger partial charge in [0.25, 0.3) is 11.6 Å². The summed E-state index contributed by atoms with van der Waals surface area (Å²) in [5.74, 6) is -1.59. The first-order chi connectivity index (χ1) is 13.4. The fraction of sp³-hybridized carbons (Fsp3) is 0.105. The van der Waals surface area contributed by atoms with Crippen molar-refractivity contribution in [3.05, 3.63) is 80.6 Å². The van der Waals surface area contributed by atoms with E-state index in [0.29, 0.717) is 10.9 Å². The van der Waals surface area contributed by atoms with Crippen molar-refractivity contribution in [1.82, 2.24) is 4.98 Å². The zero-order valence-electron chi connectivity index (χ0n) is 14.7. The zero-order chi connectivity index (χ0) is 20.3. The molecule has 0 radical (unpaired) electrons. The number of carbonyl (C=O) groups is 2. The summed E-state index contributed by atoms with van der Waals surface area (Å²) in [4.78, 5) is 49.6. The maximum absolute atomic E-state index is 12.5. The Kier molecular flexibility index (Phi) is 5.16. The Morgan fingerprint density at radius 3 is 2.57 bits per heavy atom. The molecule has 1 amide bonds. The lowest BCUT2D eigenvalue weighted by Crippen LogP contribution is -2.30. The van der Waals surface area contributed by atoms with Gasteiger partial charge in [-0.05, 0) is 19.1 Å². The average Bonchev–Trinajstić information content (AvgIpc) is 2.67. The zero-order valence-corrected chi connectivity index (χ0v) is 14.7. The minimum Gasteiger partial charge on any atom is -0.449 e. The van der Waals surface area contributed by atoms with Gasteiger partial charge in [-0.15, -0.1) is 0 Å². The first-order valence-corrected chi connectivity index (χ1v) is 8.24. The van der Waals surface area contributed by atoms with E-state index in [1.807, 2.05) is 0 Å². The number of nitro benzene ring substituents is 1. The van der Waals surface area contributed by atoms with Crippen LogP contribution < -0.4 is 10.9 Å². The van der Waals surface area contributed by atoms with Gasteiger partial charge in [-0.25, -0.2) is 4.79 Å². The van der Waals surface area contributed by atoms with Gasteiger partial charge in [0.1, 0.15) is 5.69 Å². The highest BCUT2D eigenvalue weighted by Crippen LogP contribution is 2.23. The van der Waals surface area contributed by atoms with Crippen LogP contribution in [0, 0.1) is 10.1 Å². The molecule has 0 aliphatic heterocycles. The highest BCUT2D eigenvalue weighted by atomic mass is 16.6. The molecule has 3 aromatic rings. The molecule has 2 N–H and O–H groups in total. The number of para-hydroxylation sites is 3. The highest BCUT2D eigenvalue weighted by Gasteiger charge is 2.23. The minimum absolute atomic E-state index is 0.0120. The minimum atomic E-state index is -1.25. The van der Waals surface area contributed by atoms with Crippen LogP contribution in [-0.2, 0) is 9.53 Å². The molecule has 28 heavy (non-hydrogen) atoms. The Hall–Kier alpha value is -4.01. The molecule has 0 aliphatic carbocycles. The number of pyridine rings is 1. The third kappa shape index (κ3) is 3.88. The van der Waals surface area contributed by atoms with Crippen LogP contribution in [0.2, 0.25) is 0 Å². The second-order valence-electron chi connectivity index (χ2n) is 5.90. The van der Waals surface area contributed by atoms with Gasteiger partial charge in [0, 0.05) is 23.0 Å². The van der Waals surface area contributed by atoms with Crippen LogP contribution in [0.15, 0.2) is 59.4 Å². The summed E-state index contributed by atoms with van der Waals surface area (Å²) < 4.78 is 5.16. The van der Waals surface area contributed by atoms with Gasteiger partial charge in [0.2, 0.25) is 5.56 Å². The van der Waals surface area contributed by atoms with E-state index in [0.717, 1.165) is 6.07 Å². The lowest BCUT2D eigenvalue weighted by atomic mass is 10.1. The maximum Gasteiger partial charge on any atom is 0.339 e. The predicted molar refractivity (Wildman–Crippen MR) is 101 cm³/mol. The normalized spacial score (nSPS) is 11.6. The molecule has 0 saturated heterocycles. The molecular formula is C19H15N3O6. The van der Waals surface area contributed by atoms with Crippen molar-refractivity contribution in [3.8, 4) is 0 Å². The van der Waals surface area contributed by atoms with Crippen molar-refractivity contribution < 1.29 is 19.2 Å². The van der Waals surface area contributed by atoms with Gasteiger partial charge in [0.05, 0.1) is 10.5 Å². The lowest BCUT2D eigenvalue weighted by molar-refractivity contribution is -0.383. The number of H-pyrrole nitrogens is 1. The summed E-state index contributed by atoms with van der Waals surface area (Å²) in [6, 6.07) is 13.4. The topological polar surface area (TPSA) is 131 Å². The van der Waals surface area contributed by atoms with Crippen LogP contribution >= 0.6 is 0 Å². The SMILES string of the molecule is C[C@@H](OC(=O)c1cc(=O)[nH]c2ccccc12)C(=O)Nc1ccccc1[N+](=O)[O-]. The van der Waals surface area contributed by atoms with Crippen LogP contribution in [0.4, 0.5) is 11.4 Å². The number of hydrogen-bond acceptors (Lipinski definition) is 6. The van der Waals surface area contributed by atoms with E-state index in [9.17, 15) is 24.5 Å². The Bertz CT molecular complexity index is 1140. The van der Waals surface area contributed by atoms with Crippen molar-refractivity contribution in [1.29, 1.82) is 0 Å². The third-order valence-corrected chi connectivity index (χ3v) is 3.98. The average molecular weight is 381 g/mol. The molecule has 9 heteroatoms. The number of fused-ring (bicyclic) bond motifs is 1. The van der Waals surface area contributed by atoms with Crippen LogP contribution in [0.1, 0.15) is 17.3 Å². The number of esters is 1. The number of nitro groups is 1. The second-order valence-corrected chi connectivity index (χ2v) is 5.90. The van der Waals surface area contributed by atoms with E-state index < -0.39 is 28.5 Å². The second kappa shape index (κ2) is 7.70. The Labute approximate surface area is 158 Å². The van der Waals surface area contributed by atoms with Gasteiger partial charge < -0.3 is 15.0 Å². The van der Waals surface area contributed by atoms with Crippen LogP contribution in [0.5, 0.6) is 0 Å². The van der Waals surface area contributed by atoms with Crippen molar-refractivity contribution in [2.24, 2.45) is 0 Å². The molecule has 142 valence electrons. The first-order valence-electron chi connectivity index (χ1n) is 8.24. The molecule has 0 bridgehead atoms.